The summed E-state index contributed by atoms with van der Waals surface area (Å²) >= 11 is 0. The fraction of sp³-hybridized carbons (Fsp3) is 0.700. The molecule has 0 aromatic heterocycles. The number of hydrogen-bond donors (Lipinski definition) is 0. The predicted molar refractivity (Wildman–Crippen MR) is 53.0 cm³/mol. The van der Waals surface area contributed by atoms with Crippen molar-refractivity contribution in [2.24, 2.45) is 0 Å². The van der Waals surface area contributed by atoms with Crippen LogP contribution in [0, 0.1) is 0 Å². The quantitative estimate of drug-likeness (QED) is 0.475. The SMILES string of the molecule is C=CCC(=O)OCCN1CCOCC1. The van der Waals surface area contributed by atoms with Crippen LogP contribution in [0.5, 0.6) is 0 Å². The lowest BCUT2D eigenvalue weighted by molar-refractivity contribution is -0.143. The van der Waals surface area contributed by atoms with Crippen molar-refractivity contribution in [3.8, 4) is 0 Å². The minimum atomic E-state index is -0.201. The van der Waals surface area contributed by atoms with Gasteiger partial charge in [0.1, 0.15) is 6.61 Å². The summed E-state index contributed by atoms with van der Waals surface area (Å²) < 4.78 is 10.2. The molecule has 0 spiro atoms. The van der Waals surface area contributed by atoms with Crippen LogP contribution in [0.25, 0.3) is 0 Å². The fourth-order valence-corrected chi connectivity index (χ4v) is 1.29. The number of morpholine rings is 1. The van der Waals surface area contributed by atoms with E-state index in [1.165, 1.54) is 0 Å². The highest BCUT2D eigenvalue weighted by atomic mass is 16.5. The molecule has 0 aromatic carbocycles. The van der Waals surface area contributed by atoms with E-state index in [0.717, 1.165) is 32.8 Å². The largest absolute Gasteiger partial charge is 0.464 e. The number of nitrogens with zero attached hydrogens (tertiary/aromatic N) is 1. The molecule has 0 N–H and O–H groups in total. The maximum atomic E-state index is 10.9. The van der Waals surface area contributed by atoms with Crippen LogP contribution >= 0.6 is 0 Å². The maximum Gasteiger partial charge on any atom is 0.309 e. The van der Waals surface area contributed by atoms with E-state index in [0.29, 0.717) is 13.0 Å². The van der Waals surface area contributed by atoms with Gasteiger partial charge in [-0.3, -0.25) is 9.69 Å². The van der Waals surface area contributed by atoms with Crippen LogP contribution in [-0.2, 0) is 14.3 Å². The number of rotatable bonds is 5. The second-order valence-electron chi connectivity index (χ2n) is 3.17. The van der Waals surface area contributed by atoms with Crippen LogP contribution in [0.15, 0.2) is 12.7 Å². The van der Waals surface area contributed by atoms with Crippen molar-refractivity contribution in [1.82, 2.24) is 4.90 Å². The molecule has 1 rings (SSSR count). The summed E-state index contributed by atoms with van der Waals surface area (Å²) in [6.07, 6.45) is 1.85. The molecule has 0 radical (unpaired) electrons. The van der Waals surface area contributed by atoms with Crippen molar-refractivity contribution < 1.29 is 14.3 Å². The van der Waals surface area contributed by atoms with Gasteiger partial charge in [0.05, 0.1) is 19.6 Å². The van der Waals surface area contributed by atoms with Crippen LogP contribution in [0.1, 0.15) is 6.42 Å². The van der Waals surface area contributed by atoms with Crippen LogP contribution in [0.4, 0.5) is 0 Å². The first-order chi connectivity index (χ1) is 6.83. The third-order valence-corrected chi connectivity index (χ3v) is 2.09. The molecule has 1 aliphatic heterocycles. The smallest absolute Gasteiger partial charge is 0.309 e. The van der Waals surface area contributed by atoms with Gasteiger partial charge in [-0.05, 0) is 0 Å². The van der Waals surface area contributed by atoms with Gasteiger partial charge >= 0.3 is 5.97 Å². The van der Waals surface area contributed by atoms with Crippen molar-refractivity contribution >= 4 is 5.97 Å². The first kappa shape index (κ1) is 11.2. The van der Waals surface area contributed by atoms with Crippen molar-refractivity contribution in [2.75, 3.05) is 39.5 Å². The van der Waals surface area contributed by atoms with Gasteiger partial charge in [-0.2, -0.15) is 0 Å². The van der Waals surface area contributed by atoms with E-state index >= 15 is 0 Å². The monoisotopic (exact) mass is 199 g/mol. The molecule has 0 amide bonds. The van der Waals surface area contributed by atoms with Crippen LogP contribution in [0.2, 0.25) is 0 Å². The van der Waals surface area contributed by atoms with Crippen LogP contribution in [-0.4, -0.2) is 50.3 Å². The topological polar surface area (TPSA) is 38.8 Å². The first-order valence-electron chi connectivity index (χ1n) is 4.89. The van der Waals surface area contributed by atoms with Crippen molar-refractivity contribution in [3.63, 3.8) is 0 Å². The van der Waals surface area contributed by atoms with E-state index in [4.69, 9.17) is 9.47 Å². The molecule has 1 fully saturated rings. The van der Waals surface area contributed by atoms with Gasteiger partial charge in [0.2, 0.25) is 0 Å². The molecule has 0 atom stereocenters. The number of esters is 1. The predicted octanol–water partition coefficient (Wildman–Crippen LogP) is 0.438. The highest BCUT2D eigenvalue weighted by Crippen LogP contribution is 1.96. The van der Waals surface area contributed by atoms with Crippen LogP contribution in [0.3, 0.4) is 0 Å². The van der Waals surface area contributed by atoms with Gasteiger partial charge in [0.25, 0.3) is 0 Å². The normalized spacial score (nSPS) is 17.7. The minimum Gasteiger partial charge on any atom is -0.464 e. The van der Waals surface area contributed by atoms with Gasteiger partial charge in [-0.1, -0.05) is 6.08 Å². The number of ether oxygens (including phenoxy) is 2. The molecule has 0 bridgehead atoms. The molecule has 80 valence electrons. The van der Waals surface area contributed by atoms with E-state index in [1.807, 2.05) is 0 Å². The molecule has 0 unspecified atom stereocenters. The van der Waals surface area contributed by atoms with E-state index in [9.17, 15) is 4.79 Å². The standard InChI is InChI=1S/C10H17NO3/c1-2-3-10(12)14-9-6-11-4-7-13-8-5-11/h2H,1,3-9H2. The molecule has 4 heteroatoms. The summed E-state index contributed by atoms with van der Waals surface area (Å²) in [5, 5.41) is 0. The molecule has 14 heavy (non-hydrogen) atoms. The van der Waals surface area contributed by atoms with Gasteiger partial charge in [-0.25, -0.2) is 0 Å². The van der Waals surface area contributed by atoms with E-state index in [2.05, 4.69) is 11.5 Å². The average Bonchev–Trinajstić information content (AvgIpc) is 2.20. The number of carbonyl (C=O) groups is 1. The Morgan fingerprint density at radius 3 is 2.86 bits per heavy atom. The summed E-state index contributed by atoms with van der Waals surface area (Å²) in [6, 6.07) is 0. The Balaban J connectivity index is 2.02. The second kappa shape index (κ2) is 6.56. The van der Waals surface area contributed by atoms with Crippen LogP contribution < -0.4 is 0 Å². The number of carbonyl (C=O) groups excluding carboxylic acids is 1. The van der Waals surface area contributed by atoms with Gasteiger partial charge < -0.3 is 9.47 Å². The molecule has 0 saturated carbocycles. The molecule has 4 nitrogen and oxygen atoms in total. The molecular formula is C10H17NO3. The first-order valence-corrected chi connectivity index (χ1v) is 4.89. The molecule has 0 aromatic rings. The Morgan fingerprint density at radius 2 is 2.21 bits per heavy atom. The maximum absolute atomic E-state index is 10.9. The Hall–Kier alpha value is -0.870. The lowest BCUT2D eigenvalue weighted by atomic mass is 10.4. The average molecular weight is 199 g/mol. The summed E-state index contributed by atoms with van der Waals surface area (Å²) in [5.41, 5.74) is 0. The van der Waals surface area contributed by atoms with Crippen molar-refractivity contribution in [2.45, 2.75) is 6.42 Å². The zero-order chi connectivity index (χ0) is 10.2. The van der Waals surface area contributed by atoms with Gasteiger partial charge in [0, 0.05) is 19.6 Å². The second-order valence-corrected chi connectivity index (χ2v) is 3.17. The Labute approximate surface area is 84.5 Å². The zero-order valence-electron chi connectivity index (χ0n) is 8.41. The lowest BCUT2D eigenvalue weighted by Gasteiger charge is -2.26. The molecule has 1 aliphatic rings. The fourth-order valence-electron chi connectivity index (χ4n) is 1.29. The van der Waals surface area contributed by atoms with Gasteiger partial charge in [-0.15, -0.1) is 6.58 Å². The van der Waals surface area contributed by atoms with Crippen molar-refractivity contribution in [3.05, 3.63) is 12.7 Å². The summed E-state index contributed by atoms with van der Waals surface area (Å²) in [4.78, 5) is 13.2. The molecule has 0 aliphatic carbocycles. The summed E-state index contributed by atoms with van der Waals surface area (Å²) in [7, 11) is 0. The molecular weight excluding hydrogens is 182 g/mol. The number of hydrogen-bond acceptors (Lipinski definition) is 4. The Kier molecular flexibility index (Phi) is 5.25. The molecule has 1 saturated heterocycles. The zero-order valence-corrected chi connectivity index (χ0v) is 8.41. The molecule has 1 heterocycles. The highest BCUT2D eigenvalue weighted by Gasteiger charge is 2.10. The van der Waals surface area contributed by atoms with Crippen molar-refractivity contribution in [1.29, 1.82) is 0 Å². The minimum absolute atomic E-state index is 0.201. The summed E-state index contributed by atoms with van der Waals surface area (Å²) in [6.45, 7) is 8.15. The highest BCUT2D eigenvalue weighted by molar-refractivity contribution is 5.70. The summed E-state index contributed by atoms with van der Waals surface area (Å²) in [5.74, 6) is -0.201. The van der Waals surface area contributed by atoms with E-state index in [1.54, 1.807) is 6.08 Å². The third-order valence-electron chi connectivity index (χ3n) is 2.09. The Morgan fingerprint density at radius 1 is 1.50 bits per heavy atom. The lowest BCUT2D eigenvalue weighted by Crippen LogP contribution is -2.38. The van der Waals surface area contributed by atoms with E-state index < -0.39 is 0 Å². The Bertz CT molecular complexity index is 188. The third kappa shape index (κ3) is 4.39. The van der Waals surface area contributed by atoms with Gasteiger partial charge in [0.15, 0.2) is 0 Å². The van der Waals surface area contributed by atoms with E-state index in [-0.39, 0.29) is 5.97 Å².